The van der Waals surface area contributed by atoms with Gasteiger partial charge in [-0.1, -0.05) is 50.0 Å². The highest BCUT2D eigenvalue weighted by molar-refractivity contribution is 6.82. The Morgan fingerprint density at radius 3 is 2.08 bits per heavy atom. The first-order chi connectivity index (χ1) is 12.3. The van der Waals surface area contributed by atoms with Crippen molar-refractivity contribution in [2.24, 2.45) is 23.7 Å². The van der Waals surface area contributed by atoms with Crippen molar-refractivity contribution >= 4 is 14.0 Å². The van der Waals surface area contributed by atoms with E-state index < -0.39 is 19.1 Å². The zero-order chi connectivity index (χ0) is 18.2. The summed E-state index contributed by atoms with van der Waals surface area (Å²) in [6.07, 6.45) is 6.79. The Morgan fingerprint density at radius 1 is 0.962 bits per heavy atom. The smallest absolute Gasteiger partial charge is 0.337 e. The molecule has 1 aliphatic heterocycles. The summed E-state index contributed by atoms with van der Waals surface area (Å²) in [6.45, 7) is 6.77. The SMILES string of the molecule is C[Si](C)(C)C1(Cc2ccccc2)OC2(OC1=O)C1CC3CC(C1)CC2C3. The number of carbonyl (C=O) groups excluding carboxylic acids is 1. The van der Waals surface area contributed by atoms with Crippen LogP contribution in [0.25, 0.3) is 0 Å². The molecule has 3 nitrogen and oxygen atoms in total. The maximum atomic E-state index is 13.4. The van der Waals surface area contributed by atoms with E-state index in [0.717, 1.165) is 11.8 Å². The first kappa shape index (κ1) is 17.0. The molecule has 0 aromatic heterocycles. The van der Waals surface area contributed by atoms with Crippen molar-refractivity contribution < 1.29 is 14.3 Å². The molecule has 4 heteroatoms. The molecule has 5 fully saturated rings. The maximum absolute atomic E-state index is 13.4. The van der Waals surface area contributed by atoms with Crippen molar-refractivity contribution in [3.8, 4) is 0 Å². The number of esters is 1. The molecule has 0 amide bonds. The molecule has 5 aliphatic rings. The lowest BCUT2D eigenvalue weighted by Gasteiger charge is -2.58. The Balaban J connectivity index is 1.54. The van der Waals surface area contributed by atoms with Crippen molar-refractivity contribution in [3.05, 3.63) is 35.9 Å². The molecule has 4 saturated carbocycles. The lowest BCUT2D eigenvalue weighted by Crippen LogP contribution is -2.63. The summed E-state index contributed by atoms with van der Waals surface area (Å²) in [5.74, 6) is 1.80. The molecule has 1 aromatic rings. The first-order valence-electron chi connectivity index (χ1n) is 10.3. The number of benzene rings is 1. The van der Waals surface area contributed by atoms with Crippen LogP contribution in [0.2, 0.25) is 19.6 Å². The normalized spacial score (nSPS) is 43.9. The summed E-state index contributed by atoms with van der Waals surface area (Å²) >= 11 is 0. The number of rotatable bonds is 3. The lowest BCUT2D eigenvalue weighted by atomic mass is 9.53. The Bertz CT molecular complexity index is 695. The molecule has 0 N–H and O–H groups in total. The van der Waals surface area contributed by atoms with Crippen molar-refractivity contribution in [1.29, 1.82) is 0 Å². The maximum Gasteiger partial charge on any atom is 0.337 e. The van der Waals surface area contributed by atoms with E-state index in [1.807, 2.05) is 18.2 Å². The van der Waals surface area contributed by atoms with Gasteiger partial charge >= 0.3 is 5.97 Å². The molecule has 1 heterocycles. The van der Waals surface area contributed by atoms with Crippen LogP contribution in [0.5, 0.6) is 0 Å². The number of hydrogen-bond acceptors (Lipinski definition) is 3. The average molecular weight is 371 g/mol. The van der Waals surface area contributed by atoms with Crippen molar-refractivity contribution in [3.63, 3.8) is 0 Å². The summed E-state index contributed by atoms with van der Waals surface area (Å²) in [5.41, 5.74) is 1.17. The van der Waals surface area contributed by atoms with E-state index in [1.165, 1.54) is 37.7 Å². The van der Waals surface area contributed by atoms with Crippen molar-refractivity contribution in [2.45, 2.75) is 69.2 Å². The highest BCUT2D eigenvalue weighted by Gasteiger charge is 2.71. The van der Waals surface area contributed by atoms with Gasteiger partial charge in [-0.25, -0.2) is 4.79 Å². The minimum atomic E-state index is -1.98. The third-order valence-corrected chi connectivity index (χ3v) is 10.6. The highest BCUT2D eigenvalue weighted by atomic mass is 28.3. The number of hydrogen-bond donors (Lipinski definition) is 0. The van der Waals surface area contributed by atoms with Gasteiger partial charge in [0.25, 0.3) is 0 Å². The van der Waals surface area contributed by atoms with E-state index in [2.05, 4.69) is 31.8 Å². The van der Waals surface area contributed by atoms with Crippen LogP contribution in [0.4, 0.5) is 0 Å². The minimum Gasteiger partial charge on any atom is -0.431 e. The van der Waals surface area contributed by atoms with E-state index in [1.54, 1.807) is 0 Å². The van der Waals surface area contributed by atoms with Crippen LogP contribution in [0.1, 0.15) is 37.7 Å². The standard InChI is InChI=1S/C22H30O3Si/c1-26(2,3)21(14-15-7-5-4-6-8-15)20(23)24-22(25-21)18-10-16-9-17(12-18)13-19(22)11-16/h4-8,16-19H,9-14H2,1-3H3. The van der Waals surface area contributed by atoms with Gasteiger partial charge in [-0.15, -0.1) is 0 Å². The molecular weight excluding hydrogens is 340 g/mol. The van der Waals surface area contributed by atoms with Gasteiger partial charge in [0, 0.05) is 18.3 Å². The highest BCUT2D eigenvalue weighted by Crippen LogP contribution is 2.63. The second-order valence-corrected chi connectivity index (χ2v) is 15.6. The van der Waals surface area contributed by atoms with Gasteiger partial charge in [-0.3, -0.25) is 0 Å². The molecule has 0 radical (unpaired) electrons. The summed E-state index contributed by atoms with van der Waals surface area (Å²) < 4.78 is 13.3. The van der Waals surface area contributed by atoms with Gasteiger partial charge in [0.05, 0.1) is 8.07 Å². The molecule has 1 unspecified atom stereocenters. The van der Waals surface area contributed by atoms with Crippen LogP contribution < -0.4 is 0 Å². The quantitative estimate of drug-likeness (QED) is 0.577. The zero-order valence-corrected chi connectivity index (χ0v) is 17.2. The first-order valence-corrected chi connectivity index (χ1v) is 13.8. The molecule has 140 valence electrons. The lowest BCUT2D eigenvalue weighted by molar-refractivity contribution is -0.295. The summed E-state index contributed by atoms with van der Waals surface area (Å²) in [7, 11) is -1.98. The molecule has 6 rings (SSSR count). The van der Waals surface area contributed by atoms with Crippen LogP contribution in [0.15, 0.2) is 30.3 Å². The van der Waals surface area contributed by atoms with E-state index in [4.69, 9.17) is 9.47 Å². The third kappa shape index (κ3) is 2.24. The Labute approximate surface area is 157 Å². The van der Waals surface area contributed by atoms with Gasteiger partial charge in [-0.05, 0) is 49.5 Å². The van der Waals surface area contributed by atoms with E-state index in [0.29, 0.717) is 18.3 Å². The van der Waals surface area contributed by atoms with Crippen LogP contribution in [-0.2, 0) is 20.7 Å². The molecule has 4 aliphatic carbocycles. The molecular formula is C22H30O3Si. The van der Waals surface area contributed by atoms with Crippen LogP contribution in [0.3, 0.4) is 0 Å². The predicted octanol–water partition coefficient (Wildman–Crippen LogP) is 4.57. The summed E-state index contributed by atoms with van der Waals surface area (Å²) in [4.78, 5) is 13.4. The number of carbonyl (C=O) groups is 1. The van der Waals surface area contributed by atoms with Crippen LogP contribution in [-0.4, -0.2) is 25.1 Å². The van der Waals surface area contributed by atoms with Gasteiger partial charge in [0.2, 0.25) is 5.79 Å². The van der Waals surface area contributed by atoms with Gasteiger partial charge < -0.3 is 9.47 Å². The Morgan fingerprint density at radius 2 is 1.54 bits per heavy atom. The molecule has 1 spiro atoms. The van der Waals surface area contributed by atoms with Crippen LogP contribution >= 0.6 is 0 Å². The van der Waals surface area contributed by atoms with Gasteiger partial charge in [0.1, 0.15) is 0 Å². The third-order valence-electron chi connectivity index (χ3n) is 7.70. The van der Waals surface area contributed by atoms with Gasteiger partial charge in [-0.2, -0.15) is 0 Å². The topological polar surface area (TPSA) is 35.5 Å². The Kier molecular flexibility index (Phi) is 3.56. The monoisotopic (exact) mass is 370 g/mol. The molecule has 4 bridgehead atoms. The van der Waals surface area contributed by atoms with Gasteiger partial charge in [0.15, 0.2) is 5.22 Å². The van der Waals surface area contributed by atoms with E-state index in [-0.39, 0.29) is 5.97 Å². The fourth-order valence-corrected chi connectivity index (χ4v) is 8.32. The second-order valence-electron chi connectivity index (χ2n) is 10.3. The molecule has 1 atom stereocenters. The van der Waals surface area contributed by atoms with Crippen molar-refractivity contribution in [2.75, 3.05) is 0 Å². The summed E-state index contributed by atoms with van der Waals surface area (Å²) in [6, 6.07) is 10.3. The van der Waals surface area contributed by atoms with E-state index in [9.17, 15) is 4.79 Å². The largest absolute Gasteiger partial charge is 0.431 e. The fraction of sp³-hybridized carbons (Fsp3) is 0.682. The molecule has 26 heavy (non-hydrogen) atoms. The second kappa shape index (κ2) is 5.45. The predicted molar refractivity (Wildman–Crippen MR) is 103 cm³/mol. The zero-order valence-electron chi connectivity index (χ0n) is 16.2. The number of ether oxygens (including phenoxy) is 2. The summed E-state index contributed by atoms with van der Waals surface area (Å²) in [5, 5.41) is -0.760. The fourth-order valence-electron chi connectivity index (χ4n) is 6.45. The van der Waals surface area contributed by atoms with Crippen LogP contribution in [0, 0.1) is 23.7 Å². The van der Waals surface area contributed by atoms with Crippen molar-refractivity contribution in [1.82, 2.24) is 0 Å². The molecule has 1 saturated heterocycles. The van der Waals surface area contributed by atoms with E-state index >= 15 is 0 Å². The Hall–Kier alpha value is -1.13. The average Bonchev–Trinajstić information content (AvgIpc) is 2.88. The minimum absolute atomic E-state index is 0.0759. The molecule has 1 aromatic carbocycles.